The summed E-state index contributed by atoms with van der Waals surface area (Å²) in [5.41, 5.74) is 0.535. The summed E-state index contributed by atoms with van der Waals surface area (Å²) >= 11 is 0. The highest BCUT2D eigenvalue weighted by molar-refractivity contribution is 5.97. The van der Waals surface area contributed by atoms with Gasteiger partial charge in [0.2, 0.25) is 5.91 Å². The van der Waals surface area contributed by atoms with Crippen molar-refractivity contribution in [1.29, 1.82) is 0 Å². The van der Waals surface area contributed by atoms with E-state index in [9.17, 15) is 9.59 Å². The normalized spacial score (nSPS) is 16.1. The van der Waals surface area contributed by atoms with Crippen LogP contribution >= 0.6 is 0 Å². The molecule has 156 valence electrons. The second kappa shape index (κ2) is 11.1. The monoisotopic (exact) mass is 389 g/mol. The van der Waals surface area contributed by atoms with Gasteiger partial charge in [-0.25, -0.2) is 0 Å². The molecule has 1 unspecified atom stereocenters. The number of piperidine rings is 1. The van der Waals surface area contributed by atoms with Gasteiger partial charge >= 0.3 is 0 Å². The predicted octanol–water partition coefficient (Wildman–Crippen LogP) is 2.69. The Bertz CT molecular complexity index is 622. The molecule has 2 rings (SSSR count). The number of hydrogen-bond acceptors (Lipinski definition) is 4. The van der Waals surface area contributed by atoms with E-state index in [0.29, 0.717) is 18.1 Å². The van der Waals surface area contributed by atoms with Gasteiger partial charge in [0.25, 0.3) is 5.91 Å². The zero-order chi connectivity index (χ0) is 20.5. The van der Waals surface area contributed by atoms with Gasteiger partial charge in [-0.3, -0.25) is 9.59 Å². The molecule has 2 amide bonds. The van der Waals surface area contributed by atoms with E-state index >= 15 is 0 Å². The number of nitrogens with zero attached hydrogens (tertiary/aromatic N) is 1. The summed E-state index contributed by atoms with van der Waals surface area (Å²) < 4.78 is 5.41. The summed E-state index contributed by atoms with van der Waals surface area (Å²) in [6, 6.07) is 6.51. The molecule has 1 aliphatic heterocycles. The lowest BCUT2D eigenvalue weighted by atomic mass is 9.92. The topological polar surface area (TPSA) is 70.7 Å². The molecule has 1 saturated heterocycles. The summed E-state index contributed by atoms with van der Waals surface area (Å²) in [7, 11) is 1.97. The number of carbonyl (C=O) groups excluding carboxylic acids is 2. The smallest absolute Gasteiger partial charge is 0.251 e. The molecule has 0 bridgehead atoms. The lowest BCUT2D eigenvalue weighted by Gasteiger charge is -2.35. The molecular formula is C22H35N3O3. The van der Waals surface area contributed by atoms with Gasteiger partial charge < -0.3 is 20.3 Å². The summed E-state index contributed by atoms with van der Waals surface area (Å²) in [6.45, 7) is 9.02. The first-order valence-corrected chi connectivity index (χ1v) is 10.4. The summed E-state index contributed by atoms with van der Waals surface area (Å²) in [6.07, 6.45) is 3.22. The SMILES string of the molecule is CCOc1ccc(C(=O)NC(C(=O)N2CCC(CCNC)CC2)C(C)C)cc1. The van der Waals surface area contributed by atoms with E-state index < -0.39 is 6.04 Å². The molecule has 2 N–H and O–H groups in total. The van der Waals surface area contributed by atoms with E-state index in [4.69, 9.17) is 4.74 Å². The van der Waals surface area contributed by atoms with E-state index in [-0.39, 0.29) is 17.7 Å². The lowest BCUT2D eigenvalue weighted by molar-refractivity contribution is -0.135. The highest BCUT2D eigenvalue weighted by Gasteiger charge is 2.31. The molecule has 0 radical (unpaired) electrons. The summed E-state index contributed by atoms with van der Waals surface area (Å²) in [4.78, 5) is 27.6. The van der Waals surface area contributed by atoms with Crippen molar-refractivity contribution in [2.75, 3.05) is 33.3 Å². The largest absolute Gasteiger partial charge is 0.494 e. The molecule has 1 aliphatic rings. The molecule has 1 atom stereocenters. The summed E-state index contributed by atoms with van der Waals surface area (Å²) in [5.74, 6) is 1.24. The van der Waals surface area contributed by atoms with Gasteiger partial charge in [0.15, 0.2) is 0 Å². The van der Waals surface area contributed by atoms with Crippen molar-refractivity contribution in [3.05, 3.63) is 29.8 Å². The van der Waals surface area contributed by atoms with Crippen LogP contribution in [0.5, 0.6) is 5.75 Å². The minimum Gasteiger partial charge on any atom is -0.494 e. The number of benzene rings is 1. The molecule has 1 aromatic rings. The van der Waals surface area contributed by atoms with Gasteiger partial charge in [-0.1, -0.05) is 13.8 Å². The zero-order valence-corrected chi connectivity index (χ0v) is 17.7. The van der Waals surface area contributed by atoms with Crippen LogP contribution in [0.4, 0.5) is 0 Å². The minimum absolute atomic E-state index is 0.0289. The van der Waals surface area contributed by atoms with Crippen molar-refractivity contribution >= 4 is 11.8 Å². The quantitative estimate of drug-likeness (QED) is 0.681. The molecule has 1 heterocycles. The maximum atomic E-state index is 13.0. The Kier molecular flexibility index (Phi) is 8.77. The van der Waals surface area contributed by atoms with Gasteiger partial charge in [-0.15, -0.1) is 0 Å². The lowest BCUT2D eigenvalue weighted by Crippen LogP contribution is -2.53. The molecule has 1 fully saturated rings. The Morgan fingerprint density at radius 3 is 2.36 bits per heavy atom. The predicted molar refractivity (Wildman–Crippen MR) is 112 cm³/mol. The number of nitrogens with one attached hydrogen (secondary N) is 2. The Hall–Kier alpha value is -2.08. The molecular weight excluding hydrogens is 354 g/mol. The molecule has 6 heteroatoms. The molecule has 0 aliphatic carbocycles. The Labute approximate surface area is 169 Å². The minimum atomic E-state index is -0.507. The van der Waals surface area contributed by atoms with Crippen LogP contribution in [0.1, 0.15) is 50.4 Å². The van der Waals surface area contributed by atoms with Crippen LogP contribution < -0.4 is 15.4 Å². The molecule has 0 aromatic heterocycles. The number of rotatable bonds is 9. The molecule has 6 nitrogen and oxygen atoms in total. The van der Waals surface area contributed by atoms with Gasteiger partial charge in [-0.2, -0.15) is 0 Å². The van der Waals surface area contributed by atoms with Gasteiger partial charge in [0, 0.05) is 18.7 Å². The highest BCUT2D eigenvalue weighted by atomic mass is 16.5. The number of hydrogen-bond donors (Lipinski definition) is 2. The first-order valence-electron chi connectivity index (χ1n) is 10.4. The third-order valence-corrected chi connectivity index (χ3v) is 5.38. The van der Waals surface area contributed by atoms with Crippen molar-refractivity contribution in [3.63, 3.8) is 0 Å². The molecule has 1 aromatic carbocycles. The fourth-order valence-electron chi connectivity index (χ4n) is 3.59. The van der Waals surface area contributed by atoms with Crippen molar-refractivity contribution in [3.8, 4) is 5.75 Å². The fourth-order valence-corrected chi connectivity index (χ4v) is 3.59. The second-order valence-corrected chi connectivity index (χ2v) is 7.81. The van der Waals surface area contributed by atoms with Gasteiger partial charge in [0.1, 0.15) is 11.8 Å². The van der Waals surface area contributed by atoms with Crippen LogP contribution in [-0.4, -0.2) is 56.0 Å². The number of likely N-dealkylation sites (tertiary alicyclic amines) is 1. The van der Waals surface area contributed by atoms with E-state index in [1.54, 1.807) is 24.3 Å². The Balaban J connectivity index is 1.95. The zero-order valence-electron chi connectivity index (χ0n) is 17.7. The van der Waals surface area contributed by atoms with Crippen LogP contribution in [0.25, 0.3) is 0 Å². The molecule has 28 heavy (non-hydrogen) atoms. The standard InChI is InChI=1S/C22H35N3O3/c1-5-28-19-8-6-18(7-9-19)21(26)24-20(16(2)3)22(27)25-14-11-17(12-15-25)10-13-23-4/h6-9,16-17,20,23H,5,10-15H2,1-4H3,(H,24,26). The number of ether oxygens (including phenoxy) is 1. The third kappa shape index (κ3) is 6.23. The first kappa shape index (κ1) is 22.2. The van der Waals surface area contributed by atoms with Crippen LogP contribution in [0.15, 0.2) is 24.3 Å². The van der Waals surface area contributed by atoms with E-state index in [1.165, 1.54) is 0 Å². The van der Waals surface area contributed by atoms with Crippen LogP contribution in [0.2, 0.25) is 0 Å². The second-order valence-electron chi connectivity index (χ2n) is 7.81. The maximum Gasteiger partial charge on any atom is 0.251 e. The van der Waals surface area contributed by atoms with Gasteiger partial charge in [-0.05, 0) is 75.9 Å². The van der Waals surface area contributed by atoms with Crippen molar-refractivity contribution in [2.24, 2.45) is 11.8 Å². The fraction of sp³-hybridized carbons (Fsp3) is 0.636. The molecule has 0 saturated carbocycles. The van der Waals surface area contributed by atoms with E-state index in [1.807, 2.05) is 32.7 Å². The van der Waals surface area contributed by atoms with E-state index in [2.05, 4.69) is 10.6 Å². The highest BCUT2D eigenvalue weighted by Crippen LogP contribution is 2.21. The number of amides is 2. The van der Waals surface area contributed by atoms with Gasteiger partial charge in [0.05, 0.1) is 6.61 Å². The Morgan fingerprint density at radius 1 is 1.18 bits per heavy atom. The number of carbonyl (C=O) groups is 2. The third-order valence-electron chi connectivity index (χ3n) is 5.38. The maximum absolute atomic E-state index is 13.0. The first-order chi connectivity index (χ1) is 13.5. The molecule has 0 spiro atoms. The van der Waals surface area contributed by atoms with Crippen molar-refractivity contribution in [1.82, 2.24) is 15.5 Å². The summed E-state index contributed by atoms with van der Waals surface area (Å²) in [5, 5.41) is 6.14. The van der Waals surface area contributed by atoms with Crippen LogP contribution in [-0.2, 0) is 4.79 Å². The van der Waals surface area contributed by atoms with Crippen LogP contribution in [0.3, 0.4) is 0 Å². The van der Waals surface area contributed by atoms with Crippen LogP contribution in [0, 0.1) is 11.8 Å². The van der Waals surface area contributed by atoms with E-state index in [0.717, 1.165) is 44.6 Å². The van der Waals surface area contributed by atoms with Crippen molar-refractivity contribution < 1.29 is 14.3 Å². The Morgan fingerprint density at radius 2 is 1.82 bits per heavy atom. The average molecular weight is 390 g/mol. The van der Waals surface area contributed by atoms with Crippen molar-refractivity contribution in [2.45, 2.75) is 46.1 Å². The average Bonchev–Trinajstić information content (AvgIpc) is 2.70.